The fraction of sp³-hybridized carbons (Fsp3) is 0.231. The van der Waals surface area contributed by atoms with Gasteiger partial charge in [0, 0.05) is 11.8 Å². The fourth-order valence-corrected chi connectivity index (χ4v) is 1.89. The standard InChI is InChI=1S/C13H11ClF3N3/c1-7-3-4-9(13(15,16)17)5-10(7)20-12-6-11(14)18-8(2)19-12/h3-6H,1-2H3,(H,18,19,20). The van der Waals surface area contributed by atoms with Gasteiger partial charge in [-0.05, 0) is 31.5 Å². The first-order valence-corrected chi connectivity index (χ1v) is 6.09. The smallest absolute Gasteiger partial charge is 0.340 e. The van der Waals surface area contributed by atoms with Gasteiger partial charge in [0.2, 0.25) is 0 Å². The third-order valence-electron chi connectivity index (χ3n) is 2.63. The van der Waals surface area contributed by atoms with Crippen molar-refractivity contribution >= 4 is 23.1 Å². The van der Waals surface area contributed by atoms with Gasteiger partial charge >= 0.3 is 6.18 Å². The van der Waals surface area contributed by atoms with E-state index in [4.69, 9.17) is 11.6 Å². The highest BCUT2D eigenvalue weighted by Gasteiger charge is 2.30. The van der Waals surface area contributed by atoms with Crippen LogP contribution < -0.4 is 5.32 Å². The summed E-state index contributed by atoms with van der Waals surface area (Å²) in [7, 11) is 0. The normalized spacial score (nSPS) is 11.5. The molecule has 0 saturated heterocycles. The highest BCUT2D eigenvalue weighted by atomic mass is 35.5. The number of benzene rings is 1. The lowest BCUT2D eigenvalue weighted by molar-refractivity contribution is -0.137. The SMILES string of the molecule is Cc1nc(Cl)cc(Nc2cc(C(F)(F)F)ccc2C)n1. The van der Waals surface area contributed by atoms with Crippen molar-refractivity contribution in [1.82, 2.24) is 9.97 Å². The second kappa shape index (κ2) is 5.28. The van der Waals surface area contributed by atoms with Crippen LogP contribution in [0.5, 0.6) is 0 Å². The lowest BCUT2D eigenvalue weighted by Crippen LogP contribution is -2.06. The van der Waals surface area contributed by atoms with Gasteiger partial charge in [-0.1, -0.05) is 17.7 Å². The number of hydrogen-bond donors (Lipinski definition) is 1. The number of anilines is 2. The van der Waals surface area contributed by atoms with Crippen molar-refractivity contribution < 1.29 is 13.2 Å². The molecule has 0 amide bonds. The van der Waals surface area contributed by atoms with Crippen molar-refractivity contribution in [3.63, 3.8) is 0 Å². The second-order valence-corrected chi connectivity index (χ2v) is 4.66. The Morgan fingerprint density at radius 3 is 2.40 bits per heavy atom. The molecule has 20 heavy (non-hydrogen) atoms. The summed E-state index contributed by atoms with van der Waals surface area (Å²) in [5, 5.41) is 3.06. The Morgan fingerprint density at radius 2 is 1.80 bits per heavy atom. The lowest BCUT2D eigenvalue weighted by Gasteiger charge is -2.13. The fourth-order valence-electron chi connectivity index (χ4n) is 1.67. The highest BCUT2D eigenvalue weighted by molar-refractivity contribution is 6.29. The van der Waals surface area contributed by atoms with Gasteiger partial charge in [0.05, 0.1) is 5.56 Å². The monoisotopic (exact) mass is 301 g/mol. The molecule has 0 aliphatic carbocycles. The average Bonchev–Trinajstić information content (AvgIpc) is 2.29. The molecular weight excluding hydrogens is 291 g/mol. The van der Waals surface area contributed by atoms with Gasteiger partial charge in [0.25, 0.3) is 0 Å². The molecule has 0 bridgehead atoms. The van der Waals surface area contributed by atoms with Gasteiger partial charge in [-0.15, -0.1) is 0 Å². The topological polar surface area (TPSA) is 37.8 Å². The van der Waals surface area contributed by atoms with Crippen LogP contribution in [-0.4, -0.2) is 9.97 Å². The van der Waals surface area contributed by atoms with Crippen molar-refractivity contribution in [2.75, 3.05) is 5.32 Å². The Balaban J connectivity index is 2.37. The number of alkyl halides is 3. The van der Waals surface area contributed by atoms with Gasteiger partial charge < -0.3 is 5.32 Å². The Kier molecular flexibility index (Phi) is 3.85. The second-order valence-electron chi connectivity index (χ2n) is 4.28. The molecule has 3 nitrogen and oxygen atoms in total. The molecule has 0 radical (unpaired) electrons. The number of aryl methyl sites for hydroxylation is 2. The van der Waals surface area contributed by atoms with Crippen molar-refractivity contribution in [2.24, 2.45) is 0 Å². The minimum Gasteiger partial charge on any atom is -0.340 e. The number of rotatable bonds is 2. The van der Waals surface area contributed by atoms with E-state index in [2.05, 4.69) is 15.3 Å². The summed E-state index contributed by atoms with van der Waals surface area (Å²) >= 11 is 5.79. The van der Waals surface area contributed by atoms with E-state index in [-0.39, 0.29) is 5.15 Å². The summed E-state index contributed by atoms with van der Waals surface area (Å²) in [5.41, 5.74) is 0.279. The van der Waals surface area contributed by atoms with Crippen molar-refractivity contribution in [2.45, 2.75) is 20.0 Å². The Hall–Kier alpha value is -1.82. The van der Waals surface area contributed by atoms with Crippen LogP contribution >= 0.6 is 11.6 Å². The van der Waals surface area contributed by atoms with Crippen molar-refractivity contribution in [3.8, 4) is 0 Å². The molecule has 0 saturated carbocycles. The lowest BCUT2D eigenvalue weighted by atomic mass is 10.1. The Labute approximate surface area is 118 Å². The molecule has 0 atom stereocenters. The number of halogens is 4. The average molecular weight is 302 g/mol. The van der Waals surface area contributed by atoms with E-state index >= 15 is 0 Å². The molecule has 1 heterocycles. The maximum atomic E-state index is 12.7. The van der Waals surface area contributed by atoms with E-state index in [9.17, 15) is 13.2 Å². The molecule has 1 aromatic heterocycles. The highest BCUT2D eigenvalue weighted by Crippen LogP contribution is 2.32. The molecular formula is C13H11ClF3N3. The summed E-state index contributed by atoms with van der Waals surface area (Å²) in [6.07, 6.45) is -4.39. The van der Waals surface area contributed by atoms with E-state index in [0.29, 0.717) is 22.9 Å². The van der Waals surface area contributed by atoms with Crippen LogP contribution in [-0.2, 0) is 6.18 Å². The third kappa shape index (κ3) is 3.39. The molecule has 0 spiro atoms. The van der Waals surface area contributed by atoms with Crippen molar-refractivity contribution in [3.05, 3.63) is 46.4 Å². The number of nitrogens with zero attached hydrogens (tertiary/aromatic N) is 2. The van der Waals surface area contributed by atoms with Gasteiger partial charge in [0.1, 0.15) is 16.8 Å². The van der Waals surface area contributed by atoms with Crippen LogP contribution in [0.15, 0.2) is 24.3 Å². The summed E-state index contributed by atoms with van der Waals surface area (Å²) in [6, 6.07) is 4.94. The minimum absolute atomic E-state index is 0.227. The maximum Gasteiger partial charge on any atom is 0.416 e. The van der Waals surface area contributed by atoms with Gasteiger partial charge in [-0.25, -0.2) is 9.97 Å². The largest absolute Gasteiger partial charge is 0.416 e. The molecule has 0 fully saturated rings. The van der Waals surface area contributed by atoms with Crippen molar-refractivity contribution in [1.29, 1.82) is 0 Å². The van der Waals surface area contributed by atoms with E-state index in [1.165, 1.54) is 12.1 Å². The maximum absolute atomic E-state index is 12.7. The third-order valence-corrected chi connectivity index (χ3v) is 2.83. The van der Waals surface area contributed by atoms with Crippen LogP contribution in [0.25, 0.3) is 0 Å². The molecule has 0 unspecified atom stereocenters. The molecule has 7 heteroatoms. The number of aromatic nitrogens is 2. The zero-order valence-electron chi connectivity index (χ0n) is 10.7. The first-order valence-electron chi connectivity index (χ1n) is 5.72. The predicted octanol–water partition coefficient (Wildman–Crippen LogP) is 4.51. The summed E-state index contributed by atoms with van der Waals surface area (Å²) in [4.78, 5) is 7.96. The Bertz CT molecular complexity index is 621. The van der Waals surface area contributed by atoms with Crippen LogP contribution in [0.4, 0.5) is 24.7 Å². The van der Waals surface area contributed by atoms with Crippen LogP contribution in [0, 0.1) is 13.8 Å². The van der Waals surface area contributed by atoms with Gasteiger partial charge in [-0.2, -0.15) is 13.2 Å². The molecule has 106 valence electrons. The van der Waals surface area contributed by atoms with Gasteiger partial charge in [-0.3, -0.25) is 0 Å². The predicted molar refractivity (Wildman–Crippen MR) is 71.2 cm³/mol. The summed E-state index contributed by atoms with van der Waals surface area (Å²) in [5.74, 6) is 0.787. The first-order chi connectivity index (χ1) is 9.25. The number of nitrogens with one attached hydrogen (secondary N) is 1. The summed E-state index contributed by atoms with van der Waals surface area (Å²) in [6.45, 7) is 3.36. The molecule has 1 aromatic carbocycles. The van der Waals surface area contributed by atoms with E-state index < -0.39 is 11.7 Å². The zero-order chi connectivity index (χ0) is 14.9. The molecule has 2 rings (SSSR count). The molecule has 0 aliphatic rings. The van der Waals surface area contributed by atoms with E-state index in [0.717, 1.165) is 12.1 Å². The minimum atomic E-state index is -4.39. The summed E-state index contributed by atoms with van der Waals surface area (Å²) < 4.78 is 38.1. The van der Waals surface area contributed by atoms with E-state index in [1.807, 2.05) is 0 Å². The quantitative estimate of drug-likeness (QED) is 0.829. The van der Waals surface area contributed by atoms with Gasteiger partial charge in [0.15, 0.2) is 0 Å². The number of hydrogen-bond acceptors (Lipinski definition) is 3. The van der Waals surface area contributed by atoms with E-state index in [1.54, 1.807) is 13.8 Å². The molecule has 1 N–H and O–H groups in total. The molecule has 2 aromatic rings. The Morgan fingerprint density at radius 1 is 1.10 bits per heavy atom. The first kappa shape index (κ1) is 14.6. The van der Waals surface area contributed by atoms with Crippen LogP contribution in [0.3, 0.4) is 0 Å². The molecule has 0 aliphatic heterocycles. The van der Waals surface area contributed by atoms with Crippen LogP contribution in [0.2, 0.25) is 5.15 Å². The van der Waals surface area contributed by atoms with Crippen LogP contribution in [0.1, 0.15) is 17.0 Å². The zero-order valence-corrected chi connectivity index (χ0v) is 11.5.